The van der Waals surface area contributed by atoms with Crippen molar-refractivity contribution in [1.29, 1.82) is 0 Å². The van der Waals surface area contributed by atoms with Crippen molar-refractivity contribution in [3.8, 4) is 23.0 Å². The van der Waals surface area contributed by atoms with Gasteiger partial charge >= 0.3 is 0 Å². The summed E-state index contributed by atoms with van der Waals surface area (Å²) in [6.07, 6.45) is 0.679. The number of amides is 2. The van der Waals surface area contributed by atoms with Crippen LogP contribution in [-0.2, 0) is 21.4 Å². The molecule has 0 fully saturated rings. The Kier molecular flexibility index (Phi) is 5.02. The first-order valence-electron chi connectivity index (χ1n) is 11.5. The molecule has 0 aromatic heterocycles. The van der Waals surface area contributed by atoms with Crippen molar-refractivity contribution in [2.24, 2.45) is 0 Å². The lowest BCUT2D eigenvalue weighted by atomic mass is 9.77. The van der Waals surface area contributed by atoms with Gasteiger partial charge in [-0.2, -0.15) is 0 Å². The van der Waals surface area contributed by atoms with Gasteiger partial charge in [-0.05, 0) is 41.8 Å². The zero-order chi connectivity index (χ0) is 24.0. The summed E-state index contributed by atoms with van der Waals surface area (Å²) in [7, 11) is 1.63. The van der Waals surface area contributed by atoms with E-state index in [2.05, 4.69) is 5.32 Å². The molecule has 3 aromatic carbocycles. The predicted octanol–water partition coefficient (Wildman–Crippen LogP) is 2.81. The van der Waals surface area contributed by atoms with Crippen LogP contribution in [0.1, 0.15) is 16.7 Å². The van der Waals surface area contributed by atoms with Crippen LogP contribution in [0.5, 0.6) is 23.0 Å². The average molecular weight is 472 g/mol. The molecule has 6 rings (SSSR count). The minimum absolute atomic E-state index is 0.0694. The number of carbonyl (C=O) groups excluding carboxylic acids is 2. The second-order valence-electron chi connectivity index (χ2n) is 8.75. The minimum Gasteiger partial charge on any atom is -0.497 e. The third-order valence-electron chi connectivity index (χ3n) is 6.84. The largest absolute Gasteiger partial charge is 0.497 e. The normalized spacial score (nSPS) is 18.9. The van der Waals surface area contributed by atoms with Crippen LogP contribution in [-0.4, -0.2) is 45.4 Å². The summed E-state index contributed by atoms with van der Waals surface area (Å²) in [6.45, 7) is 0.699. The standard InChI is InChI=1S/C27H24N2O6/c1-32-18-8-6-17(7-9-18)10-11-28-25(30)14-29-21-5-3-2-4-19(21)27(26(29)31)15-33-22-13-24-23(12-20(22)27)34-16-35-24/h2-9,12-13H,10-11,14-16H2,1H3,(H,28,30). The molecule has 8 heteroatoms. The summed E-state index contributed by atoms with van der Waals surface area (Å²) in [5.74, 6) is 2.19. The van der Waals surface area contributed by atoms with Gasteiger partial charge in [-0.15, -0.1) is 0 Å². The van der Waals surface area contributed by atoms with Gasteiger partial charge in [-0.1, -0.05) is 30.3 Å². The molecule has 0 bridgehead atoms. The Morgan fingerprint density at radius 1 is 1.00 bits per heavy atom. The molecule has 1 N–H and O–H groups in total. The summed E-state index contributed by atoms with van der Waals surface area (Å²) >= 11 is 0. The van der Waals surface area contributed by atoms with Crippen molar-refractivity contribution in [2.75, 3.05) is 38.5 Å². The van der Waals surface area contributed by atoms with Crippen molar-refractivity contribution in [2.45, 2.75) is 11.8 Å². The maximum absolute atomic E-state index is 13.9. The number of rotatable bonds is 6. The lowest BCUT2D eigenvalue weighted by molar-refractivity contribution is -0.125. The van der Waals surface area contributed by atoms with Crippen molar-refractivity contribution in [3.63, 3.8) is 0 Å². The highest BCUT2D eigenvalue weighted by Crippen LogP contribution is 2.54. The maximum atomic E-state index is 13.9. The monoisotopic (exact) mass is 472 g/mol. The van der Waals surface area contributed by atoms with E-state index in [-0.39, 0.29) is 31.8 Å². The molecule has 178 valence electrons. The lowest BCUT2D eigenvalue weighted by Crippen LogP contribution is -2.46. The average Bonchev–Trinajstić information content (AvgIpc) is 3.56. The zero-order valence-electron chi connectivity index (χ0n) is 19.2. The molecule has 3 aliphatic rings. The Morgan fingerprint density at radius 3 is 2.57 bits per heavy atom. The summed E-state index contributed by atoms with van der Waals surface area (Å²) in [5, 5.41) is 2.94. The summed E-state index contributed by atoms with van der Waals surface area (Å²) in [5.41, 5.74) is 2.36. The van der Waals surface area contributed by atoms with E-state index in [1.807, 2.05) is 54.6 Å². The Balaban J connectivity index is 1.21. The van der Waals surface area contributed by atoms with E-state index >= 15 is 0 Å². The van der Waals surface area contributed by atoms with E-state index in [1.54, 1.807) is 18.1 Å². The highest BCUT2D eigenvalue weighted by Gasteiger charge is 2.57. The number of nitrogens with one attached hydrogen (secondary N) is 1. The molecule has 0 radical (unpaired) electrons. The fourth-order valence-electron chi connectivity index (χ4n) is 5.06. The van der Waals surface area contributed by atoms with Crippen LogP contribution in [0.25, 0.3) is 0 Å². The first-order valence-corrected chi connectivity index (χ1v) is 11.5. The first kappa shape index (κ1) is 21.3. The third-order valence-corrected chi connectivity index (χ3v) is 6.84. The van der Waals surface area contributed by atoms with Gasteiger partial charge in [-0.25, -0.2) is 0 Å². The number of hydrogen-bond acceptors (Lipinski definition) is 6. The zero-order valence-corrected chi connectivity index (χ0v) is 19.2. The molecule has 2 amide bonds. The lowest BCUT2D eigenvalue weighted by Gasteiger charge is -2.23. The van der Waals surface area contributed by atoms with Crippen LogP contribution in [0.2, 0.25) is 0 Å². The van der Waals surface area contributed by atoms with Crippen molar-refractivity contribution >= 4 is 17.5 Å². The molecule has 3 aromatic rings. The van der Waals surface area contributed by atoms with Crippen LogP contribution in [0, 0.1) is 0 Å². The molecule has 0 aliphatic carbocycles. The smallest absolute Gasteiger partial charge is 0.246 e. The Bertz CT molecular complexity index is 1320. The van der Waals surface area contributed by atoms with E-state index < -0.39 is 5.41 Å². The molecular formula is C27H24N2O6. The molecule has 0 saturated carbocycles. The number of ether oxygens (including phenoxy) is 4. The van der Waals surface area contributed by atoms with Crippen LogP contribution in [0.15, 0.2) is 60.7 Å². The molecule has 8 nitrogen and oxygen atoms in total. The molecule has 0 saturated heterocycles. The fourth-order valence-corrected chi connectivity index (χ4v) is 5.06. The van der Waals surface area contributed by atoms with Gasteiger partial charge in [0.05, 0.1) is 7.11 Å². The third kappa shape index (κ3) is 3.36. The van der Waals surface area contributed by atoms with Crippen molar-refractivity contribution < 1.29 is 28.5 Å². The van der Waals surface area contributed by atoms with Gasteiger partial charge in [0.15, 0.2) is 11.5 Å². The van der Waals surface area contributed by atoms with Gasteiger partial charge in [0.2, 0.25) is 18.6 Å². The van der Waals surface area contributed by atoms with E-state index in [9.17, 15) is 9.59 Å². The number of benzene rings is 3. The quantitative estimate of drug-likeness (QED) is 0.594. The number of anilines is 1. The van der Waals surface area contributed by atoms with Gasteiger partial charge in [-0.3, -0.25) is 9.59 Å². The minimum atomic E-state index is -1.02. The number of hydrogen-bond donors (Lipinski definition) is 1. The van der Waals surface area contributed by atoms with Gasteiger partial charge in [0, 0.05) is 23.9 Å². The highest BCUT2D eigenvalue weighted by molar-refractivity contribution is 6.13. The van der Waals surface area contributed by atoms with Crippen molar-refractivity contribution in [1.82, 2.24) is 5.32 Å². The maximum Gasteiger partial charge on any atom is 0.246 e. The first-order chi connectivity index (χ1) is 17.1. The van der Waals surface area contributed by atoms with Crippen LogP contribution >= 0.6 is 0 Å². The molecule has 3 heterocycles. The number of carbonyl (C=O) groups is 2. The number of para-hydroxylation sites is 1. The van der Waals surface area contributed by atoms with Crippen LogP contribution < -0.4 is 29.2 Å². The summed E-state index contributed by atoms with van der Waals surface area (Å²) < 4.78 is 22.2. The van der Waals surface area contributed by atoms with E-state index in [0.29, 0.717) is 30.2 Å². The number of methoxy groups -OCH3 is 1. The van der Waals surface area contributed by atoms with E-state index in [1.165, 1.54) is 0 Å². The summed E-state index contributed by atoms with van der Waals surface area (Å²) in [4.78, 5) is 28.3. The topological polar surface area (TPSA) is 86.3 Å². The Hall–Kier alpha value is -4.20. The van der Waals surface area contributed by atoms with Crippen LogP contribution in [0.3, 0.4) is 0 Å². The molecule has 1 unspecified atom stereocenters. The van der Waals surface area contributed by atoms with Gasteiger partial charge < -0.3 is 29.2 Å². The summed E-state index contributed by atoms with van der Waals surface area (Å²) in [6, 6.07) is 18.9. The SMILES string of the molecule is COc1ccc(CCNC(=O)CN2C(=O)C3(COc4cc5c(cc43)OCO5)c3ccccc32)cc1. The van der Waals surface area contributed by atoms with Gasteiger partial charge in [0.1, 0.15) is 30.1 Å². The molecule has 35 heavy (non-hydrogen) atoms. The Labute approximate surface area is 202 Å². The number of nitrogens with zero attached hydrogens (tertiary/aromatic N) is 1. The van der Waals surface area contributed by atoms with Gasteiger partial charge in [0.25, 0.3) is 0 Å². The van der Waals surface area contributed by atoms with E-state index in [4.69, 9.17) is 18.9 Å². The van der Waals surface area contributed by atoms with E-state index in [0.717, 1.165) is 28.1 Å². The predicted molar refractivity (Wildman–Crippen MR) is 127 cm³/mol. The molecular weight excluding hydrogens is 448 g/mol. The highest BCUT2D eigenvalue weighted by atomic mass is 16.7. The molecule has 1 spiro atoms. The van der Waals surface area contributed by atoms with Crippen LogP contribution in [0.4, 0.5) is 5.69 Å². The second kappa shape index (κ2) is 8.23. The number of fused-ring (bicyclic) bond motifs is 5. The van der Waals surface area contributed by atoms with Crippen molar-refractivity contribution in [3.05, 3.63) is 77.4 Å². The fraction of sp³-hybridized carbons (Fsp3) is 0.259. The second-order valence-corrected chi connectivity index (χ2v) is 8.75. The Morgan fingerprint density at radius 2 is 1.77 bits per heavy atom. The molecule has 1 atom stereocenters. The molecule has 3 aliphatic heterocycles.